The first-order valence-corrected chi connectivity index (χ1v) is 9.61. The molecule has 0 spiro atoms. The predicted molar refractivity (Wildman–Crippen MR) is 106 cm³/mol. The molecule has 0 radical (unpaired) electrons. The fourth-order valence-corrected chi connectivity index (χ4v) is 3.59. The summed E-state index contributed by atoms with van der Waals surface area (Å²) in [7, 11) is 0. The van der Waals surface area contributed by atoms with E-state index in [9.17, 15) is 9.59 Å². The van der Waals surface area contributed by atoms with E-state index in [1.165, 1.54) is 4.68 Å². The Labute approximate surface area is 163 Å². The molecular weight excluding hydrogens is 354 g/mol. The van der Waals surface area contributed by atoms with E-state index in [0.29, 0.717) is 18.7 Å². The largest absolute Gasteiger partial charge is 0.350 e. The average Bonchev–Trinajstić information content (AvgIpc) is 3.10. The molecule has 7 nitrogen and oxygen atoms in total. The first-order chi connectivity index (χ1) is 13.6. The lowest BCUT2D eigenvalue weighted by molar-refractivity contribution is 0.0951. The van der Waals surface area contributed by atoms with Gasteiger partial charge in [0.1, 0.15) is 0 Å². The smallest absolute Gasteiger partial charge is 0.267 e. The van der Waals surface area contributed by atoms with Crippen molar-refractivity contribution >= 4 is 5.91 Å². The number of nitrogens with zero attached hydrogens (tertiary/aromatic N) is 4. The maximum Gasteiger partial charge on any atom is 0.267 e. The third-order valence-corrected chi connectivity index (χ3v) is 5.14. The van der Waals surface area contributed by atoms with Crippen LogP contribution in [0.3, 0.4) is 0 Å². The van der Waals surface area contributed by atoms with Crippen molar-refractivity contribution in [3.63, 3.8) is 0 Å². The molecule has 0 aliphatic heterocycles. The van der Waals surface area contributed by atoms with Crippen LogP contribution in [0.4, 0.5) is 0 Å². The Kier molecular flexibility index (Phi) is 5.06. The van der Waals surface area contributed by atoms with Crippen molar-refractivity contribution in [2.24, 2.45) is 0 Å². The molecule has 0 fully saturated rings. The highest BCUT2D eigenvalue weighted by Gasteiger charge is 2.16. The minimum Gasteiger partial charge on any atom is -0.350 e. The minimum absolute atomic E-state index is 0.108. The quantitative estimate of drug-likeness (QED) is 0.738. The van der Waals surface area contributed by atoms with E-state index in [-0.39, 0.29) is 11.5 Å². The Bertz CT molecular complexity index is 1050. The van der Waals surface area contributed by atoms with Crippen LogP contribution in [0.25, 0.3) is 5.69 Å². The predicted octanol–water partition coefficient (Wildman–Crippen LogP) is 2.05. The number of aryl methyl sites for hydroxylation is 2. The number of hydrogen-bond donors (Lipinski definition) is 1. The van der Waals surface area contributed by atoms with E-state index >= 15 is 0 Å². The molecule has 144 valence electrons. The molecule has 2 heterocycles. The molecule has 0 atom stereocenters. The number of para-hydroxylation sites is 1. The first kappa shape index (κ1) is 18.2. The number of fused-ring (bicyclic) bond motifs is 1. The molecule has 1 N–H and O–H groups in total. The highest BCUT2D eigenvalue weighted by atomic mass is 16.2. The van der Waals surface area contributed by atoms with Gasteiger partial charge in [0.15, 0.2) is 0 Å². The number of nitrogens with one attached hydrogen (secondary N) is 1. The highest BCUT2D eigenvalue weighted by molar-refractivity contribution is 5.95. The monoisotopic (exact) mass is 377 g/mol. The van der Waals surface area contributed by atoms with Crippen molar-refractivity contribution in [1.29, 1.82) is 0 Å². The van der Waals surface area contributed by atoms with E-state index in [1.807, 2.05) is 37.3 Å². The summed E-state index contributed by atoms with van der Waals surface area (Å²) in [4.78, 5) is 24.8. The second-order valence-electron chi connectivity index (χ2n) is 7.03. The second kappa shape index (κ2) is 7.80. The Hall–Kier alpha value is -3.22. The molecule has 1 aliphatic carbocycles. The number of rotatable bonds is 5. The maximum absolute atomic E-state index is 12.5. The van der Waals surface area contributed by atoms with Gasteiger partial charge in [-0.3, -0.25) is 9.59 Å². The minimum atomic E-state index is -0.203. The Balaban J connectivity index is 1.42. The van der Waals surface area contributed by atoms with Crippen molar-refractivity contribution in [3.8, 4) is 5.69 Å². The summed E-state index contributed by atoms with van der Waals surface area (Å²) in [6.45, 7) is 2.55. The molecule has 7 heteroatoms. The first-order valence-electron chi connectivity index (χ1n) is 9.61. The molecule has 4 rings (SSSR count). The number of amides is 1. The standard InChI is InChI=1S/C21H23N5O2/c1-15-18(14-23-26(15)17-8-3-2-4-9-17)21(28)22-11-12-25-20(27)13-16-7-5-6-10-19(16)24-25/h2-4,8-9,13-14H,5-7,10-12H2,1H3,(H,22,28). The number of hydrogen-bond acceptors (Lipinski definition) is 4. The van der Waals surface area contributed by atoms with E-state index in [4.69, 9.17) is 0 Å². The fourth-order valence-electron chi connectivity index (χ4n) is 3.59. The molecule has 28 heavy (non-hydrogen) atoms. The summed E-state index contributed by atoms with van der Waals surface area (Å²) >= 11 is 0. The summed E-state index contributed by atoms with van der Waals surface area (Å²) in [5.74, 6) is -0.203. The van der Waals surface area contributed by atoms with E-state index in [2.05, 4.69) is 15.5 Å². The Morgan fingerprint density at radius 1 is 1.18 bits per heavy atom. The molecule has 0 unspecified atom stereocenters. The molecule has 3 aromatic rings. The summed E-state index contributed by atoms with van der Waals surface area (Å²) in [5.41, 5.74) is 4.17. The van der Waals surface area contributed by atoms with Gasteiger partial charge in [0, 0.05) is 12.6 Å². The Morgan fingerprint density at radius 2 is 1.96 bits per heavy atom. The average molecular weight is 377 g/mol. The normalized spacial score (nSPS) is 13.2. The maximum atomic E-state index is 12.5. The van der Waals surface area contributed by atoms with Gasteiger partial charge in [-0.1, -0.05) is 18.2 Å². The van der Waals surface area contributed by atoms with Crippen LogP contribution in [0.5, 0.6) is 0 Å². The fraction of sp³-hybridized carbons (Fsp3) is 0.333. The van der Waals surface area contributed by atoms with Crippen LogP contribution in [0.2, 0.25) is 0 Å². The van der Waals surface area contributed by atoms with Crippen LogP contribution in [0.15, 0.2) is 47.4 Å². The van der Waals surface area contributed by atoms with Gasteiger partial charge in [-0.2, -0.15) is 10.2 Å². The third-order valence-electron chi connectivity index (χ3n) is 5.14. The van der Waals surface area contributed by atoms with Gasteiger partial charge < -0.3 is 5.32 Å². The van der Waals surface area contributed by atoms with Crippen molar-refractivity contribution in [2.45, 2.75) is 39.2 Å². The summed E-state index contributed by atoms with van der Waals surface area (Å²) in [6.07, 6.45) is 5.64. The summed E-state index contributed by atoms with van der Waals surface area (Å²) in [6, 6.07) is 11.4. The SMILES string of the molecule is Cc1c(C(=O)NCCn2nc3c(cc2=O)CCCC3)cnn1-c1ccccc1. The summed E-state index contributed by atoms with van der Waals surface area (Å²) < 4.78 is 3.19. The lowest BCUT2D eigenvalue weighted by Gasteiger charge is -2.16. The number of carbonyl (C=O) groups is 1. The van der Waals surface area contributed by atoms with E-state index in [1.54, 1.807) is 16.9 Å². The van der Waals surface area contributed by atoms with Crippen LogP contribution in [-0.4, -0.2) is 32.0 Å². The molecule has 0 bridgehead atoms. The zero-order valence-electron chi connectivity index (χ0n) is 15.9. The molecule has 2 aromatic heterocycles. The van der Waals surface area contributed by atoms with Gasteiger partial charge in [-0.25, -0.2) is 9.36 Å². The van der Waals surface area contributed by atoms with Crippen LogP contribution in [0, 0.1) is 6.92 Å². The molecule has 0 saturated heterocycles. The molecule has 1 amide bonds. The van der Waals surface area contributed by atoms with E-state index < -0.39 is 0 Å². The second-order valence-corrected chi connectivity index (χ2v) is 7.03. The van der Waals surface area contributed by atoms with E-state index in [0.717, 1.165) is 48.3 Å². The van der Waals surface area contributed by atoms with Gasteiger partial charge >= 0.3 is 0 Å². The van der Waals surface area contributed by atoms with Crippen molar-refractivity contribution in [2.75, 3.05) is 6.54 Å². The van der Waals surface area contributed by atoms with Crippen LogP contribution < -0.4 is 10.9 Å². The van der Waals surface area contributed by atoms with Gasteiger partial charge in [0.05, 0.1) is 35.4 Å². The van der Waals surface area contributed by atoms with Crippen molar-refractivity contribution < 1.29 is 4.79 Å². The molecular formula is C21H23N5O2. The number of aromatic nitrogens is 4. The molecule has 1 aliphatic rings. The third kappa shape index (κ3) is 3.60. The van der Waals surface area contributed by atoms with Crippen LogP contribution >= 0.6 is 0 Å². The lowest BCUT2D eigenvalue weighted by atomic mass is 9.97. The zero-order valence-corrected chi connectivity index (χ0v) is 15.9. The van der Waals surface area contributed by atoms with Crippen LogP contribution in [-0.2, 0) is 19.4 Å². The van der Waals surface area contributed by atoms with Gasteiger partial charge in [-0.05, 0) is 50.3 Å². The molecule has 1 aromatic carbocycles. The number of carbonyl (C=O) groups excluding carboxylic acids is 1. The highest BCUT2D eigenvalue weighted by Crippen LogP contribution is 2.17. The van der Waals surface area contributed by atoms with Crippen molar-refractivity contribution in [1.82, 2.24) is 24.9 Å². The lowest BCUT2D eigenvalue weighted by Crippen LogP contribution is -2.33. The zero-order chi connectivity index (χ0) is 19.5. The molecule has 0 saturated carbocycles. The van der Waals surface area contributed by atoms with Crippen LogP contribution in [0.1, 0.15) is 40.2 Å². The summed E-state index contributed by atoms with van der Waals surface area (Å²) in [5, 5.41) is 11.7. The van der Waals surface area contributed by atoms with Gasteiger partial charge in [0.25, 0.3) is 11.5 Å². The van der Waals surface area contributed by atoms with Gasteiger partial charge in [0.2, 0.25) is 0 Å². The Morgan fingerprint density at radius 3 is 2.79 bits per heavy atom. The number of benzene rings is 1. The van der Waals surface area contributed by atoms with Gasteiger partial charge in [-0.15, -0.1) is 0 Å². The van der Waals surface area contributed by atoms with Crippen molar-refractivity contribution in [3.05, 3.63) is 75.5 Å². The topological polar surface area (TPSA) is 81.8 Å².